The lowest BCUT2D eigenvalue weighted by Crippen LogP contribution is -2.28. The summed E-state index contributed by atoms with van der Waals surface area (Å²) in [4.78, 5) is 21.5. The normalized spacial score (nSPS) is 9.73. The van der Waals surface area contributed by atoms with Crippen LogP contribution in [0.1, 0.15) is 5.56 Å². The monoisotopic (exact) mass is 229 g/mol. The van der Waals surface area contributed by atoms with Crippen molar-refractivity contribution in [3.8, 4) is 0 Å². The van der Waals surface area contributed by atoms with Crippen LogP contribution in [-0.4, -0.2) is 17.7 Å². The molecule has 1 amide bonds. The van der Waals surface area contributed by atoms with Crippen LogP contribution in [0.4, 0.5) is 4.39 Å². The summed E-state index contributed by atoms with van der Waals surface area (Å²) in [6.07, 6.45) is 0.102. The molecule has 3 nitrogen and oxygen atoms in total. The van der Waals surface area contributed by atoms with E-state index in [4.69, 9.17) is 11.6 Å². The third kappa shape index (κ3) is 4.56. The summed E-state index contributed by atoms with van der Waals surface area (Å²) in [5.41, 5.74) is 0.677. The van der Waals surface area contributed by atoms with E-state index in [-0.39, 0.29) is 24.7 Å². The molecule has 5 heteroatoms. The second-order valence-electron chi connectivity index (χ2n) is 2.94. The Hall–Kier alpha value is -1.42. The quantitative estimate of drug-likeness (QED) is 0.790. The molecular weight excluding hydrogens is 221 g/mol. The van der Waals surface area contributed by atoms with Crippen molar-refractivity contribution in [3.05, 3.63) is 35.6 Å². The van der Waals surface area contributed by atoms with Crippen LogP contribution in [0.2, 0.25) is 0 Å². The van der Waals surface area contributed by atoms with Crippen LogP contribution in [-0.2, 0) is 16.0 Å². The van der Waals surface area contributed by atoms with Gasteiger partial charge in [0.1, 0.15) is 5.82 Å². The molecule has 80 valence electrons. The van der Waals surface area contributed by atoms with Gasteiger partial charge in [-0.25, -0.2) is 4.39 Å². The highest BCUT2D eigenvalue weighted by molar-refractivity contribution is 6.64. The zero-order chi connectivity index (χ0) is 11.3. The van der Waals surface area contributed by atoms with E-state index >= 15 is 0 Å². The predicted molar refractivity (Wildman–Crippen MR) is 54.0 cm³/mol. The Balaban J connectivity index is 2.44. The standard InChI is InChI=1S/C10H9ClFNO2/c11-9(14)6-13-10(15)5-7-1-3-8(12)4-2-7/h1-4H,5-6H2,(H,13,15). The molecule has 0 radical (unpaired) electrons. The SMILES string of the molecule is O=C(Cl)CNC(=O)Cc1ccc(F)cc1. The van der Waals surface area contributed by atoms with Gasteiger partial charge in [0.25, 0.3) is 0 Å². The molecule has 1 rings (SSSR count). The third-order valence-corrected chi connectivity index (χ3v) is 1.84. The lowest BCUT2D eigenvalue weighted by atomic mass is 10.1. The number of hydrogen-bond acceptors (Lipinski definition) is 2. The minimum atomic E-state index is -0.623. The average molecular weight is 230 g/mol. The number of carbonyl (C=O) groups is 2. The Bertz CT molecular complexity index is 364. The lowest BCUT2D eigenvalue weighted by molar-refractivity contribution is -0.122. The molecule has 1 aromatic rings. The molecule has 0 aromatic heterocycles. The second kappa shape index (κ2) is 5.46. The number of halogens is 2. The molecule has 0 aliphatic heterocycles. The van der Waals surface area contributed by atoms with Crippen molar-refractivity contribution in [2.45, 2.75) is 6.42 Å². The van der Waals surface area contributed by atoms with E-state index in [1.165, 1.54) is 24.3 Å². The Morgan fingerprint density at radius 3 is 2.40 bits per heavy atom. The van der Waals surface area contributed by atoms with Gasteiger partial charge < -0.3 is 5.32 Å². The number of carbonyl (C=O) groups excluding carboxylic acids is 2. The third-order valence-electron chi connectivity index (χ3n) is 1.70. The molecular formula is C10H9ClFNO2. The fourth-order valence-corrected chi connectivity index (χ4v) is 1.09. The van der Waals surface area contributed by atoms with Gasteiger partial charge in [-0.1, -0.05) is 12.1 Å². The molecule has 1 N–H and O–H groups in total. The summed E-state index contributed by atoms with van der Waals surface area (Å²) >= 11 is 5.04. The number of benzene rings is 1. The molecule has 15 heavy (non-hydrogen) atoms. The first-order valence-electron chi connectivity index (χ1n) is 4.27. The van der Waals surface area contributed by atoms with Crippen LogP contribution in [0.5, 0.6) is 0 Å². The van der Waals surface area contributed by atoms with Crippen LogP contribution >= 0.6 is 11.6 Å². The number of amides is 1. The lowest BCUT2D eigenvalue weighted by Gasteiger charge is -2.02. The molecule has 0 unspecified atom stereocenters. The molecule has 0 bridgehead atoms. The van der Waals surface area contributed by atoms with Gasteiger partial charge >= 0.3 is 0 Å². The van der Waals surface area contributed by atoms with Crippen molar-refractivity contribution in [3.63, 3.8) is 0 Å². The number of hydrogen-bond donors (Lipinski definition) is 1. The molecule has 0 aliphatic carbocycles. The van der Waals surface area contributed by atoms with Gasteiger partial charge in [-0.15, -0.1) is 0 Å². The van der Waals surface area contributed by atoms with Crippen LogP contribution in [0.3, 0.4) is 0 Å². The van der Waals surface area contributed by atoms with Crippen molar-refractivity contribution in [1.82, 2.24) is 5.32 Å². The van der Waals surface area contributed by atoms with Crippen molar-refractivity contribution in [2.75, 3.05) is 6.54 Å². The van der Waals surface area contributed by atoms with Gasteiger partial charge in [-0.2, -0.15) is 0 Å². The van der Waals surface area contributed by atoms with Gasteiger partial charge in [0.15, 0.2) is 0 Å². The Labute approximate surface area is 91.2 Å². The summed E-state index contributed by atoms with van der Waals surface area (Å²) in [7, 11) is 0. The van der Waals surface area contributed by atoms with E-state index < -0.39 is 5.24 Å². The Kier molecular flexibility index (Phi) is 4.24. The highest BCUT2D eigenvalue weighted by atomic mass is 35.5. The smallest absolute Gasteiger partial charge is 0.240 e. The Morgan fingerprint density at radius 2 is 1.87 bits per heavy atom. The summed E-state index contributed by atoms with van der Waals surface area (Å²) in [6.45, 7) is -0.193. The van der Waals surface area contributed by atoms with Gasteiger partial charge in [-0.3, -0.25) is 9.59 Å². The fraction of sp³-hybridized carbons (Fsp3) is 0.200. The molecule has 1 aromatic carbocycles. The van der Waals surface area contributed by atoms with E-state index in [2.05, 4.69) is 5.32 Å². The van der Waals surface area contributed by atoms with Crippen molar-refractivity contribution < 1.29 is 14.0 Å². The van der Waals surface area contributed by atoms with E-state index in [9.17, 15) is 14.0 Å². The van der Waals surface area contributed by atoms with Crippen molar-refractivity contribution >= 4 is 22.8 Å². The van der Waals surface area contributed by atoms with Gasteiger partial charge in [-0.05, 0) is 29.3 Å². The molecule has 0 aliphatic rings. The molecule has 0 saturated carbocycles. The van der Waals surface area contributed by atoms with Crippen LogP contribution < -0.4 is 5.32 Å². The topological polar surface area (TPSA) is 46.2 Å². The zero-order valence-corrected chi connectivity index (χ0v) is 8.55. The largest absolute Gasteiger partial charge is 0.347 e. The van der Waals surface area contributed by atoms with Crippen LogP contribution in [0.15, 0.2) is 24.3 Å². The van der Waals surface area contributed by atoms with Crippen LogP contribution in [0.25, 0.3) is 0 Å². The first kappa shape index (κ1) is 11.7. The second-order valence-corrected chi connectivity index (χ2v) is 3.36. The van der Waals surface area contributed by atoms with E-state index in [0.717, 1.165) is 0 Å². The van der Waals surface area contributed by atoms with Crippen molar-refractivity contribution in [2.24, 2.45) is 0 Å². The number of rotatable bonds is 4. The minimum absolute atomic E-state index is 0.102. The van der Waals surface area contributed by atoms with Crippen molar-refractivity contribution in [1.29, 1.82) is 0 Å². The Morgan fingerprint density at radius 1 is 1.27 bits per heavy atom. The molecule has 0 spiro atoms. The summed E-state index contributed by atoms with van der Waals surface area (Å²) in [5.74, 6) is -0.675. The summed E-state index contributed by atoms with van der Waals surface area (Å²) in [5, 5.41) is 1.71. The molecule has 0 heterocycles. The maximum Gasteiger partial charge on any atom is 0.240 e. The van der Waals surface area contributed by atoms with E-state index in [1.807, 2.05) is 0 Å². The van der Waals surface area contributed by atoms with Crippen LogP contribution in [0, 0.1) is 5.82 Å². The maximum absolute atomic E-state index is 12.5. The van der Waals surface area contributed by atoms with Gasteiger partial charge in [0.2, 0.25) is 11.1 Å². The van der Waals surface area contributed by atoms with Gasteiger partial charge in [0.05, 0.1) is 13.0 Å². The zero-order valence-electron chi connectivity index (χ0n) is 7.80. The first-order valence-corrected chi connectivity index (χ1v) is 4.65. The highest BCUT2D eigenvalue weighted by Crippen LogP contribution is 2.03. The molecule has 0 atom stereocenters. The molecule has 0 fully saturated rings. The predicted octanol–water partition coefficient (Wildman–Crippen LogP) is 1.25. The maximum atomic E-state index is 12.5. The minimum Gasteiger partial charge on any atom is -0.347 e. The summed E-state index contributed by atoms with van der Waals surface area (Å²) < 4.78 is 12.5. The fourth-order valence-electron chi connectivity index (χ4n) is 1.02. The molecule has 0 saturated heterocycles. The van der Waals surface area contributed by atoms with E-state index in [0.29, 0.717) is 5.56 Å². The first-order chi connectivity index (χ1) is 7.08. The van der Waals surface area contributed by atoms with Gasteiger partial charge in [0, 0.05) is 0 Å². The van der Waals surface area contributed by atoms with E-state index in [1.54, 1.807) is 0 Å². The number of nitrogens with one attached hydrogen (secondary N) is 1. The summed E-state index contributed by atoms with van der Waals surface area (Å²) in [6, 6.07) is 5.57. The highest BCUT2D eigenvalue weighted by Gasteiger charge is 2.04. The average Bonchev–Trinajstić information content (AvgIpc) is 2.19.